The van der Waals surface area contributed by atoms with Crippen LogP contribution in [0.15, 0.2) is 48.5 Å². The van der Waals surface area contributed by atoms with Crippen LogP contribution in [-0.2, 0) is 24.3 Å². The third-order valence-electron chi connectivity index (χ3n) is 5.63. The van der Waals surface area contributed by atoms with Crippen molar-refractivity contribution in [2.45, 2.75) is 51.7 Å². The maximum absolute atomic E-state index is 12.6. The molecule has 2 aromatic carbocycles. The van der Waals surface area contributed by atoms with E-state index < -0.39 is 0 Å². The number of fused-ring (bicyclic) bond motifs is 1. The van der Waals surface area contributed by atoms with Crippen LogP contribution in [0.25, 0.3) is 11.4 Å². The molecule has 0 unspecified atom stereocenters. The Balaban J connectivity index is 1.39. The number of anilines is 1. The highest BCUT2D eigenvalue weighted by Gasteiger charge is 2.17. The van der Waals surface area contributed by atoms with Gasteiger partial charge in [-0.15, -0.1) is 10.2 Å². The molecule has 7 heteroatoms. The van der Waals surface area contributed by atoms with Gasteiger partial charge in [-0.2, -0.15) is 0 Å². The molecule has 1 atom stereocenters. The predicted octanol–water partition coefficient (Wildman–Crippen LogP) is 3.80. The Morgan fingerprint density at radius 1 is 1.13 bits per heavy atom. The number of rotatable bonds is 7. The molecule has 0 fully saturated rings. The van der Waals surface area contributed by atoms with E-state index in [-0.39, 0.29) is 11.9 Å². The zero-order valence-corrected chi connectivity index (χ0v) is 18.1. The number of aromatic nitrogens is 3. The van der Waals surface area contributed by atoms with Crippen LogP contribution in [0.1, 0.15) is 37.6 Å². The zero-order chi connectivity index (χ0) is 21.6. The minimum Gasteiger partial charge on any atom is -0.497 e. The molecule has 1 aliphatic rings. The molecule has 1 aromatic heterocycles. The molecular weight excluding hydrogens is 390 g/mol. The highest BCUT2D eigenvalue weighted by molar-refractivity contribution is 5.84. The number of aryl methyl sites for hydroxylation is 1. The summed E-state index contributed by atoms with van der Waals surface area (Å²) in [5.74, 6) is 2.71. The lowest BCUT2D eigenvalue weighted by Gasteiger charge is -2.16. The summed E-state index contributed by atoms with van der Waals surface area (Å²) in [4.78, 5) is 12.6. The number of nitrogens with zero attached hydrogens (tertiary/aromatic N) is 3. The van der Waals surface area contributed by atoms with E-state index in [0.29, 0.717) is 6.54 Å². The Morgan fingerprint density at radius 2 is 1.97 bits per heavy atom. The van der Waals surface area contributed by atoms with Crippen molar-refractivity contribution in [2.24, 2.45) is 0 Å². The van der Waals surface area contributed by atoms with Crippen molar-refractivity contribution in [2.75, 3.05) is 12.4 Å². The van der Waals surface area contributed by atoms with E-state index >= 15 is 0 Å². The number of ether oxygens (including phenoxy) is 1. The van der Waals surface area contributed by atoms with E-state index in [1.807, 2.05) is 55.5 Å². The first-order chi connectivity index (χ1) is 15.1. The van der Waals surface area contributed by atoms with E-state index in [0.717, 1.165) is 53.6 Å². The predicted molar refractivity (Wildman–Crippen MR) is 121 cm³/mol. The maximum atomic E-state index is 12.6. The molecule has 0 spiro atoms. The first-order valence-electron chi connectivity index (χ1n) is 10.8. The van der Waals surface area contributed by atoms with E-state index in [1.165, 1.54) is 12.8 Å². The second kappa shape index (κ2) is 9.64. The van der Waals surface area contributed by atoms with E-state index in [4.69, 9.17) is 4.74 Å². The summed E-state index contributed by atoms with van der Waals surface area (Å²) >= 11 is 0. The van der Waals surface area contributed by atoms with Crippen molar-refractivity contribution in [3.63, 3.8) is 0 Å². The van der Waals surface area contributed by atoms with Gasteiger partial charge in [0.2, 0.25) is 5.91 Å². The Bertz CT molecular complexity index is 1030. The molecule has 0 radical (unpaired) electrons. The number of hydrogen-bond acceptors (Lipinski definition) is 5. The minimum absolute atomic E-state index is 0.0578. The second-order valence-electron chi connectivity index (χ2n) is 7.91. The highest BCUT2D eigenvalue weighted by Crippen LogP contribution is 2.25. The standard InChI is InChI=1S/C24H29N5O2/c1-17(24(30)25-16-18-10-12-21(31-2)13-11-18)26-20-8-6-7-19(15-20)23-28-27-22-9-4-3-5-14-29(22)23/h6-8,10-13,15,17,26H,3-5,9,14,16H2,1-2H3,(H,25,30)/t17-/m0/s1. The molecule has 1 amide bonds. The first-order valence-corrected chi connectivity index (χ1v) is 10.8. The third kappa shape index (κ3) is 5.05. The van der Waals surface area contributed by atoms with Crippen LogP contribution < -0.4 is 15.4 Å². The summed E-state index contributed by atoms with van der Waals surface area (Å²) in [6, 6.07) is 15.3. The average molecular weight is 420 g/mol. The molecule has 0 saturated carbocycles. The first kappa shape index (κ1) is 20.9. The molecule has 3 aromatic rings. The lowest BCUT2D eigenvalue weighted by atomic mass is 10.1. The Morgan fingerprint density at radius 3 is 2.77 bits per heavy atom. The van der Waals surface area contributed by atoms with Crippen LogP contribution in [0.3, 0.4) is 0 Å². The van der Waals surface area contributed by atoms with Crippen LogP contribution in [0, 0.1) is 0 Å². The number of carbonyl (C=O) groups excluding carboxylic acids is 1. The van der Waals surface area contributed by atoms with Crippen molar-refractivity contribution in [3.05, 3.63) is 59.9 Å². The fourth-order valence-electron chi connectivity index (χ4n) is 3.85. The lowest BCUT2D eigenvalue weighted by Crippen LogP contribution is -2.37. The number of methoxy groups -OCH3 is 1. The van der Waals surface area contributed by atoms with Gasteiger partial charge in [0.25, 0.3) is 0 Å². The van der Waals surface area contributed by atoms with Crippen molar-refractivity contribution in [3.8, 4) is 17.1 Å². The number of carbonyl (C=O) groups is 1. The van der Waals surface area contributed by atoms with Crippen LogP contribution in [-0.4, -0.2) is 33.8 Å². The topological polar surface area (TPSA) is 81.1 Å². The molecule has 2 heterocycles. The van der Waals surface area contributed by atoms with Crippen LogP contribution >= 0.6 is 0 Å². The van der Waals surface area contributed by atoms with Crippen LogP contribution in [0.2, 0.25) is 0 Å². The Hall–Kier alpha value is -3.35. The quantitative estimate of drug-likeness (QED) is 0.609. The summed E-state index contributed by atoms with van der Waals surface area (Å²) in [5, 5.41) is 15.1. The average Bonchev–Trinajstić information content (AvgIpc) is 3.06. The van der Waals surface area contributed by atoms with Crippen molar-refractivity contribution < 1.29 is 9.53 Å². The van der Waals surface area contributed by atoms with Gasteiger partial charge in [0.1, 0.15) is 17.6 Å². The molecule has 0 aliphatic carbocycles. The van der Waals surface area contributed by atoms with E-state index in [9.17, 15) is 4.79 Å². The van der Waals surface area contributed by atoms with Gasteiger partial charge >= 0.3 is 0 Å². The largest absolute Gasteiger partial charge is 0.497 e. The number of benzene rings is 2. The summed E-state index contributed by atoms with van der Waals surface area (Å²) in [6.07, 6.45) is 4.54. The van der Waals surface area contributed by atoms with Crippen LogP contribution in [0.5, 0.6) is 5.75 Å². The van der Waals surface area contributed by atoms with Gasteiger partial charge < -0.3 is 19.9 Å². The minimum atomic E-state index is -0.371. The van der Waals surface area contributed by atoms with Gasteiger partial charge in [-0.05, 0) is 49.6 Å². The molecule has 1 aliphatic heterocycles. The second-order valence-corrected chi connectivity index (χ2v) is 7.91. The van der Waals surface area contributed by atoms with Gasteiger partial charge in [-0.1, -0.05) is 30.7 Å². The Kier molecular flexibility index (Phi) is 6.50. The van der Waals surface area contributed by atoms with Crippen molar-refractivity contribution >= 4 is 11.6 Å². The highest BCUT2D eigenvalue weighted by atomic mass is 16.5. The molecule has 4 rings (SSSR count). The molecular formula is C24H29N5O2. The number of amides is 1. The van der Waals surface area contributed by atoms with Gasteiger partial charge in [0.15, 0.2) is 5.82 Å². The van der Waals surface area contributed by atoms with Crippen molar-refractivity contribution in [1.29, 1.82) is 0 Å². The smallest absolute Gasteiger partial charge is 0.242 e. The lowest BCUT2D eigenvalue weighted by molar-refractivity contribution is -0.121. The van der Waals surface area contributed by atoms with Gasteiger partial charge in [-0.3, -0.25) is 4.79 Å². The zero-order valence-electron chi connectivity index (χ0n) is 18.1. The third-order valence-corrected chi connectivity index (χ3v) is 5.63. The van der Waals surface area contributed by atoms with Gasteiger partial charge in [0.05, 0.1) is 7.11 Å². The fourth-order valence-corrected chi connectivity index (χ4v) is 3.85. The molecule has 7 nitrogen and oxygen atoms in total. The van der Waals surface area contributed by atoms with E-state index in [2.05, 4.69) is 25.4 Å². The summed E-state index contributed by atoms with van der Waals surface area (Å²) < 4.78 is 7.40. The molecule has 162 valence electrons. The molecule has 2 N–H and O–H groups in total. The van der Waals surface area contributed by atoms with Crippen molar-refractivity contribution in [1.82, 2.24) is 20.1 Å². The molecule has 0 saturated heterocycles. The Labute approximate surface area is 182 Å². The van der Waals surface area contributed by atoms with Crippen LogP contribution in [0.4, 0.5) is 5.69 Å². The summed E-state index contributed by atoms with van der Waals surface area (Å²) in [7, 11) is 1.64. The van der Waals surface area contributed by atoms with Gasteiger partial charge in [0, 0.05) is 30.8 Å². The maximum Gasteiger partial charge on any atom is 0.242 e. The SMILES string of the molecule is COc1ccc(CNC(=O)[C@H](C)Nc2cccc(-c3nnc4n3CCCCC4)c2)cc1. The summed E-state index contributed by atoms with van der Waals surface area (Å²) in [5.41, 5.74) is 2.92. The number of hydrogen-bond donors (Lipinski definition) is 2. The molecule has 31 heavy (non-hydrogen) atoms. The van der Waals surface area contributed by atoms with Gasteiger partial charge in [-0.25, -0.2) is 0 Å². The van der Waals surface area contributed by atoms with E-state index in [1.54, 1.807) is 7.11 Å². The summed E-state index contributed by atoms with van der Waals surface area (Å²) in [6.45, 7) is 3.29. The fraction of sp³-hybridized carbons (Fsp3) is 0.375. The molecule has 0 bridgehead atoms. The normalized spacial score (nSPS) is 14.3. The number of nitrogens with one attached hydrogen (secondary N) is 2. The monoisotopic (exact) mass is 419 g/mol.